The summed E-state index contributed by atoms with van der Waals surface area (Å²) >= 11 is 0. The molecule has 0 bridgehead atoms. The van der Waals surface area contributed by atoms with Crippen molar-refractivity contribution in [2.24, 2.45) is 33.5 Å². The van der Waals surface area contributed by atoms with Crippen molar-refractivity contribution >= 4 is 5.97 Å². The zero-order chi connectivity index (χ0) is 48.1. The first-order chi connectivity index (χ1) is 30.7. The number of cyclic esters (lactones) is 1. The van der Waals surface area contributed by atoms with Crippen molar-refractivity contribution in [1.82, 2.24) is 0 Å². The van der Waals surface area contributed by atoms with Crippen molar-refractivity contribution in [1.29, 1.82) is 0 Å². The molecule has 3 saturated carbocycles. The average Bonchev–Trinajstić information content (AvgIpc) is 3.83. The Bertz CT molecular complexity index is 1880. The molecule has 19 nitrogen and oxygen atoms in total. The summed E-state index contributed by atoms with van der Waals surface area (Å²) in [5.74, 6) is -0.747. The summed E-state index contributed by atoms with van der Waals surface area (Å²) in [6.07, 6.45) is -17.2. The summed E-state index contributed by atoms with van der Waals surface area (Å²) in [7, 11) is 0. The topological polar surface area (TPSA) is 293 Å². The molecule has 6 unspecified atom stereocenters. The van der Waals surface area contributed by atoms with Crippen LogP contribution in [0.2, 0.25) is 0 Å². The number of carbonyl (C=O) groups is 1. The third kappa shape index (κ3) is 6.80. The standard InChI is InChI=1S/C47H74O19/c1-20-29(50)32(53)34(55)37(60-20)64-36-31(52)24(62-38-35(56)33(54)30(51)23(18-48)61-38)19-59-39(36)63-27-12-14-43(6)22-17-26(49)47-40(57)66-45(8,28-11-13-41(2,3)65-28)46(47,58)16-15-44(47,7)21(22)9-10-25(43)42(27,4)5/h17,20-21,23-39,48-56,58H,9-16,18-19H2,1-8H3/t20-,21?,23-,24-,25?,26?,27?,28?,29-,30-,31+,32+,33+,34-,35-,36-,37+,38+,39+,43-,44+,45+,46+,47?/m1/s1. The van der Waals surface area contributed by atoms with Gasteiger partial charge in [-0.1, -0.05) is 39.3 Å². The first-order valence-electron chi connectivity index (χ1n) is 24.0. The second kappa shape index (κ2) is 16.5. The first-order valence-corrected chi connectivity index (χ1v) is 24.0. The summed E-state index contributed by atoms with van der Waals surface area (Å²) in [5, 5.41) is 111. The van der Waals surface area contributed by atoms with E-state index in [9.17, 15) is 55.9 Å². The normalized spacial score (nSPS) is 56.4. The van der Waals surface area contributed by atoms with Gasteiger partial charge in [0.15, 0.2) is 24.5 Å². The predicted molar refractivity (Wildman–Crippen MR) is 225 cm³/mol. The van der Waals surface area contributed by atoms with Crippen molar-refractivity contribution in [2.75, 3.05) is 13.2 Å². The average molecular weight is 943 g/mol. The van der Waals surface area contributed by atoms with Crippen LogP contribution in [-0.2, 0) is 42.7 Å². The van der Waals surface area contributed by atoms with Crippen molar-refractivity contribution in [2.45, 2.75) is 228 Å². The zero-order valence-corrected chi connectivity index (χ0v) is 39.3. The van der Waals surface area contributed by atoms with Gasteiger partial charge in [-0.05, 0) is 107 Å². The van der Waals surface area contributed by atoms with Gasteiger partial charge in [-0.25, -0.2) is 0 Å². The number of fused-ring (bicyclic) bond motifs is 4. The van der Waals surface area contributed by atoms with Gasteiger partial charge in [0.05, 0.1) is 37.1 Å². The van der Waals surface area contributed by atoms with Crippen molar-refractivity contribution in [3.63, 3.8) is 0 Å². The molecule has 5 heterocycles. The van der Waals surface area contributed by atoms with E-state index < -0.39 is 155 Å². The number of rotatable bonds is 8. The highest BCUT2D eigenvalue weighted by Gasteiger charge is 2.87. The lowest BCUT2D eigenvalue weighted by Crippen LogP contribution is -2.69. The largest absolute Gasteiger partial charge is 0.453 e. The third-order valence-corrected chi connectivity index (χ3v) is 18.8. The molecule has 10 N–H and O–H groups in total. The molecule has 8 fully saturated rings. The highest BCUT2D eigenvalue weighted by molar-refractivity contribution is 5.86. The second-order valence-corrected chi connectivity index (χ2v) is 23.0. The molecule has 4 aliphatic carbocycles. The van der Waals surface area contributed by atoms with E-state index >= 15 is 0 Å². The molecule has 24 atom stereocenters. The van der Waals surface area contributed by atoms with E-state index in [2.05, 4.69) is 27.7 Å². The van der Waals surface area contributed by atoms with Crippen LogP contribution in [0.4, 0.5) is 0 Å². The number of hydrogen-bond acceptors (Lipinski definition) is 19. The van der Waals surface area contributed by atoms with Gasteiger partial charge in [0.1, 0.15) is 78.2 Å². The minimum Gasteiger partial charge on any atom is -0.453 e. The summed E-state index contributed by atoms with van der Waals surface area (Å²) in [6.45, 7) is 14.7. The number of ether oxygens (including phenoxy) is 8. The van der Waals surface area contributed by atoms with E-state index in [0.29, 0.717) is 32.1 Å². The van der Waals surface area contributed by atoms with Crippen LogP contribution in [0, 0.1) is 33.5 Å². The highest BCUT2D eigenvalue weighted by Crippen LogP contribution is 2.77. The fraction of sp³-hybridized carbons (Fsp3) is 0.936. The van der Waals surface area contributed by atoms with Gasteiger partial charge in [-0.15, -0.1) is 0 Å². The lowest BCUT2D eigenvalue weighted by atomic mass is 9.40. The minimum atomic E-state index is -1.78. The zero-order valence-electron chi connectivity index (χ0n) is 39.3. The van der Waals surface area contributed by atoms with Gasteiger partial charge < -0.3 is 89.0 Å². The SMILES string of the molecule is C[C@H]1O[C@@H](O[C@H]2[C@H](OC3CC[C@]4(C)C5=CC(O)C67C(=O)O[C@@](C)(C8CCC(C)(C)O8)[C@@]6(O)CC[C@@]7(C)C5CCC4C3(C)C)OC[C@@H](O[C@@H]3O[C@H](CO)[C@@H](O)[C@H](O)[C@H]3O)[C@@H]2O)[C@H](O)[C@@H](O)[C@@H]1O. The Labute approximate surface area is 385 Å². The molecule has 9 aliphatic rings. The van der Waals surface area contributed by atoms with Gasteiger partial charge >= 0.3 is 5.97 Å². The van der Waals surface area contributed by atoms with Crippen molar-refractivity contribution in [3.8, 4) is 0 Å². The van der Waals surface area contributed by atoms with E-state index in [4.69, 9.17) is 37.9 Å². The molecule has 0 radical (unpaired) electrons. The minimum absolute atomic E-state index is 0.0255. The summed E-state index contributed by atoms with van der Waals surface area (Å²) < 4.78 is 49.3. The molecular weight excluding hydrogens is 868 g/mol. The highest BCUT2D eigenvalue weighted by atomic mass is 16.8. The van der Waals surface area contributed by atoms with Gasteiger partial charge in [0, 0.05) is 0 Å². The Morgan fingerprint density at radius 3 is 2.03 bits per heavy atom. The van der Waals surface area contributed by atoms with Crippen LogP contribution in [0.15, 0.2) is 11.6 Å². The quantitative estimate of drug-likeness (QED) is 0.0828. The van der Waals surface area contributed by atoms with Crippen LogP contribution in [0.5, 0.6) is 0 Å². The van der Waals surface area contributed by atoms with E-state index in [0.717, 1.165) is 18.4 Å². The van der Waals surface area contributed by atoms with Gasteiger partial charge in [-0.2, -0.15) is 0 Å². The fourth-order valence-electron chi connectivity index (χ4n) is 14.9. The van der Waals surface area contributed by atoms with Crippen LogP contribution < -0.4 is 0 Å². The smallest absolute Gasteiger partial charge is 0.319 e. The summed E-state index contributed by atoms with van der Waals surface area (Å²) in [6, 6.07) is 0. The Morgan fingerprint density at radius 1 is 0.712 bits per heavy atom. The van der Waals surface area contributed by atoms with Crippen LogP contribution in [0.25, 0.3) is 0 Å². The molecule has 0 aromatic rings. The maximum absolute atomic E-state index is 14.6. The molecule has 0 amide bonds. The van der Waals surface area contributed by atoms with E-state index in [1.165, 1.54) is 6.92 Å². The van der Waals surface area contributed by atoms with E-state index in [1.54, 1.807) is 6.92 Å². The molecule has 0 aromatic heterocycles. The molecule has 0 aromatic carbocycles. The number of aliphatic hydroxyl groups is 10. The van der Waals surface area contributed by atoms with Gasteiger partial charge in [0.25, 0.3) is 0 Å². The Balaban J connectivity index is 0.973. The van der Waals surface area contributed by atoms with E-state index in [-0.39, 0.29) is 24.9 Å². The van der Waals surface area contributed by atoms with Crippen LogP contribution in [0.1, 0.15) is 107 Å². The second-order valence-electron chi connectivity index (χ2n) is 23.0. The van der Waals surface area contributed by atoms with Gasteiger partial charge in [-0.3, -0.25) is 4.79 Å². The monoisotopic (exact) mass is 942 g/mol. The Morgan fingerprint density at radius 2 is 1.38 bits per heavy atom. The lowest BCUT2D eigenvalue weighted by molar-refractivity contribution is -0.380. The maximum atomic E-state index is 14.6. The molecule has 66 heavy (non-hydrogen) atoms. The maximum Gasteiger partial charge on any atom is 0.319 e. The molecule has 19 heteroatoms. The van der Waals surface area contributed by atoms with Crippen molar-refractivity contribution in [3.05, 3.63) is 11.6 Å². The van der Waals surface area contributed by atoms with Crippen molar-refractivity contribution < 1.29 is 93.8 Å². The first kappa shape index (κ1) is 49.5. The summed E-state index contributed by atoms with van der Waals surface area (Å²) in [4.78, 5) is 14.6. The lowest BCUT2D eigenvalue weighted by Gasteiger charge is -2.64. The van der Waals surface area contributed by atoms with Gasteiger partial charge in [0.2, 0.25) is 0 Å². The van der Waals surface area contributed by atoms with E-state index in [1.807, 2.05) is 19.9 Å². The number of hydrogen-bond donors (Lipinski definition) is 10. The number of carbonyl (C=O) groups excluding carboxylic acids is 1. The summed E-state index contributed by atoms with van der Waals surface area (Å²) in [5.41, 5.74) is -5.92. The molecular formula is C47H74O19. The third-order valence-electron chi connectivity index (χ3n) is 18.8. The van der Waals surface area contributed by atoms with Crippen LogP contribution in [0.3, 0.4) is 0 Å². The molecule has 5 saturated heterocycles. The molecule has 5 aliphatic heterocycles. The Kier molecular flexibility index (Phi) is 12.4. The Hall–Kier alpha value is -1.47. The number of allylic oxidation sites excluding steroid dienone is 1. The number of esters is 1. The van der Waals surface area contributed by atoms with Crippen LogP contribution in [-0.4, -0.2) is 191 Å². The van der Waals surface area contributed by atoms with Crippen LogP contribution >= 0.6 is 0 Å². The molecule has 1 spiro atoms. The number of aliphatic hydroxyl groups excluding tert-OH is 9. The predicted octanol–water partition coefficient (Wildman–Crippen LogP) is -0.569. The molecule has 376 valence electrons. The molecule has 9 rings (SSSR count). The fourth-order valence-corrected chi connectivity index (χ4v) is 14.9.